The lowest BCUT2D eigenvalue weighted by Crippen LogP contribution is -2.32. The lowest BCUT2D eigenvalue weighted by atomic mass is 10.2. The molecule has 2 heterocycles. The van der Waals surface area contributed by atoms with Crippen LogP contribution < -0.4 is 10.6 Å². The topological polar surface area (TPSA) is 49.0 Å². The van der Waals surface area contributed by atoms with Gasteiger partial charge in [-0.25, -0.2) is 0 Å². The zero-order valence-electron chi connectivity index (χ0n) is 24.4. The third kappa shape index (κ3) is 29.8. The van der Waals surface area contributed by atoms with Crippen LogP contribution in [0.5, 0.6) is 0 Å². The third-order valence-corrected chi connectivity index (χ3v) is 4.96. The average Bonchev–Trinajstić information content (AvgIpc) is 3.38. The first-order chi connectivity index (χ1) is 15.6. The SMILES string of the molecule is CC.CC.CC.CCN(CC)CCC(C)NC.CN1CCOCC1.CNCC1CCCO1. The first-order valence-corrected chi connectivity index (χ1v) is 13.5. The Kier molecular flexibility index (Phi) is 43.1. The standard InChI is InChI=1S/C9H22N2.C6H13NO.C5H11NO.3C2H6/c1-5-11(6-2)8-7-9(3)10-4;1-7-5-6-3-2-4-8-6;1-6-2-4-7-5-3-6;3*1-2/h9-10H,5-8H2,1-4H3;6-7H,2-5H2,1H3;2-5H2,1H3;3*1-2H3. The quantitative estimate of drug-likeness (QED) is 0.541. The van der Waals surface area contributed by atoms with Crippen LogP contribution in [0.1, 0.15) is 81.6 Å². The molecule has 6 heteroatoms. The molecule has 2 aliphatic rings. The number of morpholine rings is 1. The third-order valence-electron chi connectivity index (χ3n) is 4.96. The van der Waals surface area contributed by atoms with Crippen molar-refractivity contribution in [3.8, 4) is 0 Å². The smallest absolute Gasteiger partial charge is 0.0700 e. The van der Waals surface area contributed by atoms with E-state index in [2.05, 4.69) is 48.3 Å². The summed E-state index contributed by atoms with van der Waals surface area (Å²) in [5, 5.41) is 6.33. The number of hydrogen-bond donors (Lipinski definition) is 2. The highest BCUT2D eigenvalue weighted by atomic mass is 16.5. The summed E-state index contributed by atoms with van der Waals surface area (Å²) >= 11 is 0. The second-order valence-electron chi connectivity index (χ2n) is 7.11. The molecule has 2 rings (SSSR count). The molecule has 0 aromatic rings. The van der Waals surface area contributed by atoms with Crippen molar-refractivity contribution >= 4 is 0 Å². The van der Waals surface area contributed by atoms with Crippen LogP contribution in [0, 0.1) is 0 Å². The first kappa shape index (κ1) is 39.0. The van der Waals surface area contributed by atoms with E-state index in [0.29, 0.717) is 12.1 Å². The number of ether oxygens (including phenoxy) is 2. The molecule has 2 aliphatic heterocycles. The zero-order chi connectivity index (χ0) is 25.6. The number of nitrogens with zero attached hydrogens (tertiary/aromatic N) is 2. The van der Waals surface area contributed by atoms with Gasteiger partial charge in [-0.05, 0) is 67.0 Å². The van der Waals surface area contributed by atoms with Gasteiger partial charge in [0.1, 0.15) is 0 Å². The molecule has 0 radical (unpaired) electrons. The molecule has 200 valence electrons. The minimum Gasteiger partial charge on any atom is -0.379 e. The maximum Gasteiger partial charge on any atom is 0.0700 e. The van der Waals surface area contributed by atoms with Crippen molar-refractivity contribution in [2.24, 2.45) is 0 Å². The van der Waals surface area contributed by atoms with Crippen molar-refractivity contribution in [2.45, 2.75) is 93.7 Å². The van der Waals surface area contributed by atoms with Gasteiger partial charge < -0.3 is 29.9 Å². The summed E-state index contributed by atoms with van der Waals surface area (Å²) in [4.78, 5) is 4.72. The van der Waals surface area contributed by atoms with Crippen molar-refractivity contribution in [1.29, 1.82) is 0 Å². The molecule has 0 amide bonds. The lowest BCUT2D eigenvalue weighted by Gasteiger charge is -2.21. The molecule has 0 aromatic heterocycles. The van der Waals surface area contributed by atoms with E-state index in [9.17, 15) is 0 Å². The molecule has 2 N–H and O–H groups in total. The Morgan fingerprint density at radius 1 is 0.938 bits per heavy atom. The predicted molar refractivity (Wildman–Crippen MR) is 146 cm³/mol. The van der Waals surface area contributed by atoms with Gasteiger partial charge in [-0.15, -0.1) is 0 Å². The van der Waals surface area contributed by atoms with E-state index in [1.807, 2.05) is 55.6 Å². The predicted octanol–water partition coefficient (Wildman–Crippen LogP) is 4.74. The Balaban J connectivity index is -0.000000167. The Labute approximate surface area is 204 Å². The highest BCUT2D eigenvalue weighted by Crippen LogP contribution is 2.09. The first-order valence-electron chi connectivity index (χ1n) is 13.5. The van der Waals surface area contributed by atoms with Crippen LogP contribution >= 0.6 is 0 Å². The van der Waals surface area contributed by atoms with Crippen LogP contribution in [0.3, 0.4) is 0 Å². The number of likely N-dealkylation sites (N-methyl/N-ethyl adjacent to an activating group) is 2. The summed E-state index contributed by atoms with van der Waals surface area (Å²) in [7, 11) is 6.09. The monoisotopic (exact) mass is 465 g/mol. The van der Waals surface area contributed by atoms with Crippen LogP contribution in [0.4, 0.5) is 0 Å². The largest absolute Gasteiger partial charge is 0.379 e. The van der Waals surface area contributed by atoms with Crippen LogP contribution in [-0.2, 0) is 9.47 Å². The molecule has 2 unspecified atom stereocenters. The average molecular weight is 465 g/mol. The molecule has 32 heavy (non-hydrogen) atoms. The summed E-state index contributed by atoms with van der Waals surface area (Å²) in [6.45, 7) is 28.2. The maximum absolute atomic E-state index is 5.33. The van der Waals surface area contributed by atoms with Gasteiger partial charge in [0.05, 0.1) is 19.3 Å². The fraction of sp³-hybridized carbons (Fsp3) is 1.00. The molecule has 0 aromatic carbocycles. The van der Waals surface area contributed by atoms with Gasteiger partial charge in [0.2, 0.25) is 0 Å². The van der Waals surface area contributed by atoms with E-state index >= 15 is 0 Å². The molecule has 0 spiro atoms. The van der Waals surface area contributed by atoms with Crippen molar-refractivity contribution < 1.29 is 9.47 Å². The van der Waals surface area contributed by atoms with E-state index in [-0.39, 0.29) is 0 Å². The lowest BCUT2D eigenvalue weighted by molar-refractivity contribution is 0.0503. The summed E-state index contributed by atoms with van der Waals surface area (Å²) in [5.41, 5.74) is 0. The van der Waals surface area contributed by atoms with E-state index < -0.39 is 0 Å². The normalized spacial score (nSPS) is 18.1. The van der Waals surface area contributed by atoms with Crippen LogP contribution in [-0.4, -0.2) is 102 Å². The fourth-order valence-corrected chi connectivity index (χ4v) is 2.75. The van der Waals surface area contributed by atoms with Gasteiger partial charge in [-0.1, -0.05) is 55.4 Å². The van der Waals surface area contributed by atoms with E-state index in [1.165, 1.54) is 38.9 Å². The molecular weight excluding hydrogens is 400 g/mol. The van der Waals surface area contributed by atoms with Gasteiger partial charge in [0.15, 0.2) is 0 Å². The number of nitrogens with one attached hydrogen (secondary N) is 2. The van der Waals surface area contributed by atoms with Gasteiger partial charge in [-0.2, -0.15) is 0 Å². The molecule has 2 atom stereocenters. The van der Waals surface area contributed by atoms with Crippen LogP contribution in [0.25, 0.3) is 0 Å². The summed E-state index contributed by atoms with van der Waals surface area (Å²) in [6.07, 6.45) is 4.23. The fourth-order valence-electron chi connectivity index (χ4n) is 2.75. The minimum absolute atomic E-state index is 0.500. The Hall–Kier alpha value is -0.240. The van der Waals surface area contributed by atoms with Gasteiger partial charge in [0.25, 0.3) is 0 Å². The maximum atomic E-state index is 5.33. The second kappa shape index (κ2) is 35.4. The summed E-state index contributed by atoms with van der Waals surface area (Å²) in [5.74, 6) is 0. The zero-order valence-corrected chi connectivity index (χ0v) is 24.4. The van der Waals surface area contributed by atoms with Crippen molar-refractivity contribution in [3.63, 3.8) is 0 Å². The molecule has 0 saturated carbocycles. The molecule has 2 fully saturated rings. The highest BCUT2D eigenvalue weighted by Gasteiger charge is 2.13. The summed E-state index contributed by atoms with van der Waals surface area (Å²) in [6, 6.07) is 0.649. The Morgan fingerprint density at radius 2 is 1.47 bits per heavy atom. The van der Waals surface area contributed by atoms with Gasteiger partial charge in [0, 0.05) is 32.3 Å². The van der Waals surface area contributed by atoms with E-state index in [1.54, 1.807) is 0 Å². The number of rotatable bonds is 8. The minimum atomic E-state index is 0.500. The van der Waals surface area contributed by atoms with Crippen LogP contribution in [0.2, 0.25) is 0 Å². The van der Waals surface area contributed by atoms with E-state index in [0.717, 1.165) is 39.5 Å². The molecule has 0 bridgehead atoms. The highest BCUT2D eigenvalue weighted by molar-refractivity contribution is 4.65. The van der Waals surface area contributed by atoms with Gasteiger partial charge in [-0.3, -0.25) is 0 Å². The van der Waals surface area contributed by atoms with E-state index in [4.69, 9.17) is 9.47 Å². The van der Waals surface area contributed by atoms with Crippen molar-refractivity contribution in [2.75, 3.05) is 80.2 Å². The van der Waals surface area contributed by atoms with Crippen molar-refractivity contribution in [3.05, 3.63) is 0 Å². The molecule has 2 saturated heterocycles. The number of hydrogen-bond acceptors (Lipinski definition) is 6. The van der Waals surface area contributed by atoms with Crippen molar-refractivity contribution in [1.82, 2.24) is 20.4 Å². The Bertz CT molecular complexity index is 281. The second-order valence-corrected chi connectivity index (χ2v) is 7.11. The summed E-state index contributed by atoms with van der Waals surface area (Å²) < 4.78 is 10.4. The molecule has 0 aliphatic carbocycles. The molecule has 6 nitrogen and oxygen atoms in total. The Morgan fingerprint density at radius 3 is 1.78 bits per heavy atom. The molecular formula is C26H64N4O2. The van der Waals surface area contributed by atoms with Crippen LogP contribution in [0.15, 0.2) is 0 Å². The van der Waals surface area contributed by atoms with Gasteiger partial charge >= 0.3 is 0 Å².